The number of halogens is 2. The molecule has 0 aliphatic carbocycles. The highest BCUT2D eigenvalue weighted by molar-refractivity contribution is 6.30. The normalized spacial score (nSPS) is 9.32. The number of rotatable bonds is 3. The highest BCUT2D eigenvalue weighted by Gasteiger charge is 2.04. The number of nitrogen functional groups attached to an aromatic ring is 1. The third-order valence-electron chi connectivity index (χ3n) is 2.34. The Morgan fingerprint density at radius 3 is 2.16 bits per heavy atom. The van der Waals surface area contributed by atoms with Crippen molar-refractivity contribution in [2.24, 2.45) is 0 Å². The summed E-state index contributed by atoms with van der Waals surface area (Å²) in [6.07, 6.45) is 0. The van der Waals surface area contributed by atoms with E-state index in [1.54, 1.807) is 48.5 Å². The zero-order valence-electron chi connectivity index (χ0n) is 9.89. The van der Waals surface area contributed by atoms with Gasteiger partial charge in [0.25, 0.3) is 5.91 Å². The Hall–Kier alpha value is -1.91. The first-order chi connectivity index (χ1) is 8.65. The molecule has 2 aromatic carbocycles. The lowest BCUT2D eigenvalue weighted by atomic mass is 10.2. The van der Waals surface area contributed by atoms with Gasteiger partial charge in [0.05, 0.1) is 5.69 Å². The topological polar surface area (TPSA) is 67.2 Å². The molecule has 0 aliphatic rings. The summed E-state index contributed by atoms with van der Waals surface area (Å²) in [5.41, 5.74) is 12.9. The molecule has 6 heteroatoms. The predicted molar refractivity (Wildman–Crippen MR) is 80.6 cm³/mol. The van der Waals surface area contributed by atoms with Gasteiger partial charge in [-0.05, 0) is 48.5 Å². The lowest BCUT2D eigenvalue weighted by Crippen LogP contribution is -2.29. The number of hydrogen-bond acceptors (Lipinski definition) is 3. The van der Waals surface area contributed by atoms with Crippen LogP contribution >= 0.6 is 24.0 Å². The van der Waals surface area contributed by atoms with Crippen LogP contribution in [-0.4, -0.2) is 5.91 Å². The molecule has 100 valence electrons. The first-order valence-electron chi connectivity index (χ1n) is 5.32. The average molecular weight is 298 g/mol. The van der Waals surface area contributed by atoms with Crippen LogP contribution in [-0.2, 0) is 0 Å². The van der Waals surface area contributed by atoms with Crippen molar-refractivity contribution in [2.75, 3.05) is 11.2 Å². The van der Waals surface area contributed by atoms with Gasteiger partial charge >= 0.3 is 0 Å². The van der Waals surface area contributed by atoms with Crippen LogP contribution in [0.1, 0.15) is 10.4 Å². The fourth-order valence-corrected chi connectivity index (χ4v) is 1.49. The molecular weight excluding hydrogens is 285 g/mol. The van der Waals surface area contributed by atoms with Crippen molar-refractivity contribution in [1.29, 1.82) is 0 Å². The minimum absolute atomic E-state index is 0. The number of hydrazine groups is 1. The van der Waals surface area contributed by atoms with Crippen molar-refractivity contribution in [3.63, 3.8) is 0 Å². The van der Waals surface area contributed by atoms with Crippen molar-refractivity contribution >= 4 is 41.3 Å². The monoisotopic (exact) mass is 297 g/mol. The molecule has 0 fully saturated rings. The number of anilines is 2. The molecule has 2 rings (SSSR count). The molecule has 0 saturated carbocycles. The quantitative estimate of drug-likeness (QED) is 0.602. The number of nitrogens with one attached hydrogen (secondary N) is 2. The van der Waals surface area contributed by atoms with Crippen LogP contribution in [0.25, 0.3) is 0 Å². The number of carbonyl (C=O) groups is 1. The van der Waals surface area contributed by atoms with Gasteiger partial charge in [0.1, 0.15) is 0 Å². The SMILES string of the molecule is Cl.Nc1ccc(NNC(=O)c2ccc(Cl)cc2)cc1. The molecule has 0 heterocycles. The third kappa shape index (κ3) is 4.35. The molecule has 0 radical (unpaired) electrons. The van der Waals surface area contributed by atoms with Gasteiger partial charge in [-0.15, -0.1) is 12.4 Å². The third-order valence-corrected chi connectivity index (χ3v) is 2.59. The molecule has 0 spiro atoms. The van der Waals surface area contributed by atoms with Crippen LogP contribution in [0.5, 0.6) is 0 Å². The molecule has 0 aliphatic heterocycles. The zero-order chi connectivity index (χ0) is 13.0. The molecule has 4 N–H and O–H groups in total. The molecule has 19 heavy (non-hydrogen) atoms. The highest BCUT2D eigenvalue weighted by Crippen LogP contribution is 2.11. The van der Waals surface area contributed by atoms with Gasteiger partial charge in [-0.3, -0.25) is 15.6 Å². The van der Waals surface area contributed by atoms with E-state index in [2.05, 4.69) is 10.9 Å². The van der Waals surface area contributed by atoms with Crippen molar-refractivity contribution in [2.45, 2.75) is 0 Å². The molecule has 0 atom stereocenters. The van der Waals surface area contributed by atoms with Crippen molar-refractivity contribution in [1.82, 2.24) is 5.43 Å². The summed E-state index contributed by atoms with van der Waals surface area (Å²) < 4.78 is 0. The van der Waals surface area contributed by atoms with Crippen LogP contribution < -0.4 is 16.6 Å². The predicted octanol–water partition coefficient (Wildman–Crippen LogP) is 3.10. The molecule has 0 aromatic heterocycles. The Bertz CT molecular complexity index is 541. The Kier molecular flexibility index (Phi) is 5.48. The summed E-state index contributed by atoms with van der Waals surface area (Å²) in [7, 11) is 0. The first-order valence-corrected chi connectivity index (χ1v) is 5.70. The summed E-state index contributed by atoms with van der Waals surface area (Å²) in [5, 5.41) is 0.595. The lowest BCUT2D eigenvalue weighted by Gasteiger charge is -2.08. The summed E-state index contributed by atoms with van der Waals surface area (Å²) in [6.45, 7) is 0. The van der Waals surface area contributed by atoms with E-state index in [0.29, 0.717) is 16.3 Å². The number of amides is 1. The van der Waals surface area contributed by atoms with Gasteiger partial charge < -0.3 is 5.73 Å². The van der Waals surface area contributed by atoms with Crippen LogP contribution in [0.2, 0.25) is 5.02 Å². The van der Waals surface area contributed by atoms with Crippen molar-refractivity contribution in [3.8, 4) is 0 Å². The van der Waals surface area contributed by atoms with E-state index in [-0.39, 0.29) is 18.3 Å². The Labute approximate surface area is 122 Å². The second kappa shape index (κ2) is 6.87. The van der Waals surface area contributed by atoms with Crippen LogP contribution in [0.15, 0.2) is 48.5 Å². The van der Waals surface area contributed by atoms with E-state index < -0.39 is 0 Å². The Balaban J connectivity index is 0.00000180. The maximum Gasteiger partial charge on any atom is 0.269 e. The fraction of sp³-hybridized carbons (Fsp3) is 0. The standard InChI is InChI=1S/C13H12ClN3O.ClH/c14-10-3-1-9(2-4-10)13(18)17-16-12-7-5-11(15)6-8-12;/h1-8,16H,15H2,(H,17,18);1H. The van der Waals surface area contributed by atoms with Gasteiger partial charge in [0.15, 0.2) is 0 Å². The second-order valence-electron chi connectivity index (χ2n) is 3.71. The molecular formula is C13H13Cl2N3O. The summed E-state index contributed by atoms with van der Waals surface area (Å²) in [4.78, 5) is 11.8. The minimum Gasteiger partial charge on any atom is -0.399 e. The first kappa shape index (κ1) is 15.1. The highest BCUT2D eigenvalue weighted by atomic mass is 35.5. The smallest absolute Gasteiger partial charge is 0.269 e. The zero-order valence-corrected chi connectivity index (χ0v) is 11.5. The van der Waals surface area contributed by atoms with E-state index in [9.17, 15) is 4.79 Å². The van der Waals surface area contributed by atoms with Crippen LogP contribution in [0.4, 0.5) is 11.4 Å². The Morgan fingerprint density at radius 1 is 1.00 bits per heavy atom. The number of carbonyl (C=O) groups excluding carboxylic acids is 1. The fourth-order valence-electron chi connectivity index (χ4n) is 1.37. The van der Waals surface area contributed by atoms with Gasteiger partial charge in [0, 0.05) is 16.3 Å². The largest absolute Gasteiger partial charge is 0.399 e. The molecule has 0 unspecified atom stereocenters. The van der Waals surface area contributed by atoms with Crippen molar-refractivity contribution in [3.05, 3.63) is 59.1 Å². The van der Waals surface area contributed by atoms with Gasteiger partial charge in [-0.1, -0.05) is 11.6 Å². The molecule has 0 saturated heterocycles. The lowest BCUT2D eigenvalue weighted by molar-refractivity contribution is 0.0962. The molecule has 4 nitrogen and oxygen atoms in total. The number of nitrogens with two attached hydrogens (primary N) is 1. The maximum absolute atomic E-state index is 11.8. The number of hydrogen-bond donors (Lipinski definition) is 3. The van der Waals surface area contributed by atoms with Gasteiger partial charge in [0.2, 0.25) is 0 Å². The minimum atomic E-state index is -0.233. The van der Waals surface area contributed by atoms with E-state index >= 15 is 0 Å². The van der Waals surface area contributed by atoms with E-state index in [4.69, 9.17) is 17.3 Å². The van der Waals surface area contributed by atoms with Crippen molar-refractivity contribution < 1.29 is 4.79 Å². The summed E-state index contributed by atoms with van der Waals surface area (Å²) in [5.74, 6) is -0.233. The average Bonchev–Trinajstić information content (AvgIpc) is 2.38. The van der Waals surface area contributed by atoms with E-state index in [1.165, 1.54) is 0 Å². The molecule has 2 aromatic rings. The summed E-state index contributed by atoms with van der Waals surface area (Å²) in [6, 6.07) is 13.7. The van der Waals surface area contributed by atoms with E-state index in [0.717, 1.165) is 5.69 Å². The van der Waals surface area contributed by atoms with E-state index in [1.807, 2.05) is 0 Å². The Morgan fingerprint density at radius 2 is 1.58 bits per heavy atom. The van der Waals surface area contributed by atoms with Gasteiger partial charge in [-0.25, -0.2) is 0 Å². The van der Waals surface area contributed by atoms with Crippen LogP contribution in [0.3, 0.4) is 0 Å². The molecule has 1 amide bonds. The maximum atomic E-state index is 11.8. The second-order valence-corrected chi connectivity index (χ2v) is 4.14. The number of benzene rings is 2. The van der Waals surface area contributed by atoms with Gasteiger partial charge in [-0.2, -0.15) is 0 Å². The summed E-state index contributed by atoms with van der Waals surface area (Å²) >= 11 is 5.74. The molecule has 0 bridgehead atoms. The van der Waals surface area contributed by atoms with Crippen LogP contribution in [0, 0.1) is 0 Å².